The Hall–Kier alpha value is -2.56. The minimum Gasteiger partial charge on any atom is -0.253 e. The molecule has 4 heteroatoms. The molecule has 0 unspecified atom stereocenters. The molecule has 0 bridgehead atoms. The molecular formula is C36H44N2S2. The Labute approximate surface area is 248 Å². The van der Waals surface area contributed by atoms with E-state index in [1.807, 2.05) is 35.1 Å². The maximum atomic E-state index is 4.91. The summed E-state index contributed by atoms with van der Waals surface area (Å²) in [7, 11) is 0. The molecule has 0 saturated heterocycles. The summed E-state index contributed by atoms with van der Waals surface area (Å²) in [5.41, 5.74) is 7.33. The molecule has 0 aliphatic rings. The molecule has 0 aliphatic carbocycles. The average Bonchev–Trinajstić information content (AvgIpc) is 3.66. The fraction of sp³-hybridized carbons (Fsp3) is 0.444. The third-order valence-electron chi connectivity index (χ3n) is 8.02. The number of thiophene rings is 2. The van der Waals surface area contributed by atoms with Crippen molar-refractivity contribution < 1.29 is 0 Å². The van der Waals surface area contributed by atoms with Gasteiger partial charge in [-0.15, -0.1) is 22.7 Å². The van der Waals surface area contributed by atoms with Crippen molar-refractivity contribution in [2.45, 2.75) is 104 Å². The number of benzene rings is 1. The number of hydrogen-bond donors (Lipinski definition) is 0. The summed E-state index contributed by atoms with van der Waals surface area (Å²) in [4.78, 5) is 12.5. The van der Waals surface area contributed by atoms with Crippen molar-refractivity contribution in [3.8, 4) is 20.9 Å². The summed E-state index contributed by atoms with van der Waals surface area (Å²) in [6.45, 7) is 4.56. The van der Waals surface area contributed by atoms with E-state index >= 15 is 0 Å². The minimum absolute atomic E-state index is 0.992. The SMILES string of the molecule is CCCCCCCCc1csc(-c2cnc3c(ccc4cc(-c5cc(CCCCCCCC)cs5)cnc43)c2)c1. The number of pyridine rings is 2. The third-order valence-corrected chi connectivity index (χ3v) is 10.1. The van der Waals surface area contributed by atoms with Gasteiger partial charge in [-0.05, 0) is 71.8 Å². The van der Waals surface area contributed by atoms with Crippen molar-refractivity contribution in [3.05, 3.63) is 70.7 Å². The van der Waals surface area contributed by atoms with Crippen molar-refractivity contribution in [2.75, 3.05) is 0 Å². The first-order chi connectivity index (χ1) is 19.7. The average molecular weight is 569 g/mol. The predicted octanol–water partition coefficient (Wildman–Crippen LogP) is 12.0. The quantitative estimate of drug-likeness (QED) is 0.0873. The monoisotopic (exact) mass is 568 g/mol. The molecule has 0 spiro atoms. The zero-order chi connectivity index (χ0) is 27.6. The first kappa shape index (κ1) is 29.0. The molecule has 0 amide bonds. The zero-order valence-electron chi connectivity index (χ0n) is 24.4. The van der Waals surface area contributed by atoms with E-state index in [-0.39, 0.29) is 0 Å². The van der Waals surface area contributed by atoms with Crippen LogP contribution in [-0.2, 0) is 12.8 Å². The minimum atomic E-state index is 0.992. The highest BCUT2D eigenvalue weighted by Crippen LogP contribution is 2.34. The van der Waals surface area contributed by atoms with Crippen LogP contribution in [0, 0.1) is 0 Å². The largest absolute Gasteiger partial charge is 0.253 e. The molecule has 40 heavy (non-hydrogen) atoms. The summed E-state index contributed by atoms with van der Waals surface area (Å²) in [6.07, 6.45) is 22.6. The van der Waals surface area contributed by atoms with Crippen LogP contribution in [0.3, 0.4) is 0 Å². The molecule has 0 saturated carbocycles. The van der Waals surface area contributed by atoms with Crippen molar-refractivity contribution in [3.63, 3.8) is 0 Å². The number of unbranched alkanes of at least 4 members (excludes halogenated alkanes) is 10. The molecule has 5 rings (SSSR count). The Bertz CT molecular complexity index is 1380. The molecule has 0 fully saturated rings. The number of rotatable bonds is 16. The molecule has 1 aromatic carbocycles. The van der Waals surface area contributed by atoms with Gasteiger partial charge in [-0.1, -0.05) is 90.2 Å². The van der Waals surface area contributed by atoms with Crippen molar-refractivity contribution in [1.82, 2.24) is 9.97 Å². The maximum absolute atomic E-state index is 4.91. The molecule has 0 N–H and O–H groups in total. The van der Waals surface area contributed by atoms with E-state index in [0.29, 0.717) is 0 Å². The molecule has 210 valence electrons. The fourth-order valence-corrected chi connectivity index (χ4v) is 7.46. The molecule has 0 atom stereocenters. The molecule has 0 radical (unpaired) electrons. The van der Waals surface area contributed by atoms with Crippen molar-refractivity contribution >= 4 is 44.5 Å². The number of aromatic nitrogens is 2. The molecule has 0 aliphatic heterocycles. The van der Waals surface area contributed by atoms with Crippen LogP contribution in [0.4, 0.5) is 0 Å². The van der Waals surface area contributed by atoms with Gasteiger partial charge in [-0.2, -0.15) is 0 Å². The highest BCUT2D eigenvalue weighted by molar-refractivity contribution is 7.14. The smallest absolute Gasteiger partial charge is 0.0965 e. The lowest BCUT2D eigenvalue weighted by molar-refractivity contribution is 0.608. The van der Waals surface area contributed by atoms with Gasteiger partial charge in [0.05, 0.1) is 11.0 Å². The number of hydrogen-bond acceptors (Lipinski definition) is 4. The lowest BCUT2D eigenvalue weighted by atomic mass is 10.0. The second-order valence-corrected chi connectivity index (χ2v) is 13.2. The van der Waals surface area contributed by atoms with Gasteiger partial charge in [0.15, 0.2) is 0 Å². The van der Waals surface area contributed by atoms with E-state index < -0.39 is 0 Å². The maximum Gasteiger partial charge on any atom is 0.0965 e. The van der Waals surface area contributed by atoms with E-state index in [1.54, 1.807) is 0 Å². The van der Waals surface area contributed by atoms with Gasteiger partial charge in [0, 0.05) is 44.0 Å². The van der Waals surface area contributed by atoms with Crippen LogP contribution in [0.2, 0.25) is 0 Å². The summed E-state index contributed by atoms with van der Waals surface area (Å²) < 4.78 is 0. The lowest BCUT2D eigenvalue weighted by Crippen LogP contribution is -1.88. The van der Waals surface area contributed by atoms with E-state index in [4.69, 9.17) is 9.97 Å². The Kier molecular flexibility index (Phi) is 10.8. The second-order valence-electron chi connectivity index (χ2n) is 11.3. The van der Waals surface area contributed by atoms with E-state index in [2.05, 4.69) is 61.0 Å². The van der Waals surface area contributed by atoms with Crippen LogP contribution in [0.25, 0.3) is 42.7 Å². The zero-order valence-corrected chi connectivity index (χ0v) is 26.0. The van der Waals surface area contributed by atoms with Crippen LogP contribution in [0.1, 0.15) is 102 Å². The van der Waals surface area contributed by atoms with Crippen molar-refractivity contribution in [1.29, 1.82) is 0 Å². The van der Waals surface area contributed by atoms with Gasteiger partial charge in [0.1, 0.15) is 0 Å². The second kappa shape index (κ2) is 14.9. The van der Waals surface area contributed by atoms with Gasteiger partial charge >= 0.3 is 0 Å². The van der Waals surface area contributed by atoms with Crippen LogP contribution < -0.4 is 0 Å². The molecule has 4 heterocycles. The molecule has 4 aromatic heterocycles. The Morgan fingerprint density at radius 1 is 0.525 bits per heavy atom. The number of aryl methyl sites for hydroxylation is 2. The fourth-order valence-electron chi connectivity index (χ4n) is 5.60. The summed E-state index contributed by atoms with van der Waals surface area (Å²) >= 11 is 3.69. The number of fused-ring (bicyclic) bond motifs is 3. The van der Waals surface area contributed by atoms with E-state index in [0.717, 1.165) is 21.8 Å². The molecular weight excluding hydrogens is 525 g/mol. The first-order valence-electron chi connectivity index (χ1n) is 15.6. The Morgan fingerprint density at radius 2 is 0.950 bits per heavy atom. The van der Waals surface area contributed by atoms with Crippen LogP contribution in [0.15, 0.2) is 59.6 Å². The van der Waals surface area contributed by atoms with Gasteiger partial charge in [-0.3, -0.25) is 9.97 Å². The van der Waals surface area contributed by atoms with Crippen LogP contribution >= 0.6 is 22.7 Å². The standard InChI is InChI=1S/C36H44N2S2/c1-3-5-7-9-11-13-15-27-19-33(39-25-27)31-21-29-17-18-30-22-32(24-38-36(30)35(29)37-23-31)34-20-28(26-40-34)16-14-12-10-8-6-4-2/h17-26H,3-16H2,1-2H3. The van der Waals surface area contributed by atoms with Crippen molar-refractivity contribution in [2.24, 2.45) is 0 Å². The van der Waals surface area contributed by atoms with E-state index in [1.165, 1.54) is 122 Å². The summed E-state index contributed by atoms with van der Waals surface area (Å²) in [5, 5.41) is 6.99. The van der Waals surface area contributed by atoms with Crippen LogP contribution in [-0.4, -0.2) is 9.97 Å². The first-order valence-corrected chi connectivity index (χ1v) is 17.3. The summed E-state index contributed by atoms with van der Waals surface area (Å²) in [6, 6.07) is 13.7. The normalized spacial score (nSPS) is 11.7. The van der Waals surface area contributed by atoms with Gasteiger partial charge in [-0.25, -0.2) is 0 Å². The number of nitrogens with zero attached hydrogens (tertiary/aromatic N) is 2. The molecule has 5 aromatic rings. The van der Waals surface area contributed by atoms with Crippen LogP contribution in [0.5, 0.6) is 0 Å². The van der Waals surface area contributed by atoms with Gasteiger partial charge in [0.2, 0.25) is 0 Å². The van der Waals surface area contributed by atoms with Gasteiger partial charge < -0.3 is 0 Å². The lowest BCUT2D eigenvalue weighted by Gasteiger charge is -2.06. The molecule has 2 nitrogen and oxygen atoms in total. The van der Waals surface area contributed by atoms with E-state index in [9.17, 15) is 0 Å². The summed E-state index contributed by atoms with van der Waals surface area (Å²) in [5.74, 6) is 0. The topological polar surface area (TPSA) is 25.8 Å². The third kappa shape index (κ3) is 7.59. The Morgan fingerprint density at radius 3 is 1.40 bits per heavy atom. The Balaban J connectivity index is 1.23. The van der Waals surface area contributed by atoms with Gasteiger partial charge in [0.25, 0.3) is 0 Å². The predicted molar refractivity (Wildman–Crippen MR) is 178 cm³/mol. The highest BCUT2D eigenvalue weighted by atomic mass is 32.1. The highest BCUT2D eigenvalue weighted by Gasteiger charge is 2.10.